The standard InChI is InChI=1S/C15H19NO7S2/c1-22-14(17)15-9-16(7-11(15)8-23-10-15)25(20,21)13-5-3-12(4-6-13)24(2,18)19/h3-6,11H,7-10H2,1-2H3/t11-,15-/m0/s1. The van der Waals surface area contributed by atoms with Gasteiger partial charge in [0.15, 0.2) is 9.84 Å². The quantitative estimate of drug-likeness (QED) is 0.662. The number of carbonyl (C=O) groups excluding carboxylic acids is 1. The number of nitrogens with zero attached hydrogens (tertiary/aromatic N) is 1. The molecule has 0 radical (unpaired) electrons. The Morgan fingerprint density at radius 3 is 2.36 bits per heavy atom. The Kier molecular flexibility index (Phi) is 4.43. The Hall–Kier alpha value is -1.49. The lowest BCUT2D eigenvalue weighted by Crippen LogP contribution is -2.41. The van der Waals surface area contributed by atoms with Gasteiger partial charge in [0.05, 0.1) is 30.1 Å². The van der Waals surface area contributed by atoms with E-state index in [1.165, 1.54) is 35.7 Å². The normalized spacial score (nSPS) is 27.2. The molecule has 2 atom stereocenters. The number of carbonyl (C=O) groups is 1. The zero-order chi connectivity index (χ0) is 18.5. The van der Waals surface area contributed by atoms with E-state index in [-0.39, 0.29) is 35.4 Å². The topological polar surface area (TPSA) is 107 Å². The number of hydrogen-bond acceptors (Lipinski definition) is 7. The van der Waals surface area contributed by atoms with Crippen molar-refractivity contribution in [2.24, 2.45) is 11.3 Å². The monoisotopic (exact) mass is 389 g/mol. The van der Waals surface area contributed by atoms with Crippen LogP contribution >= 0.6 is 0 Å². The molecule has 2 aliphatic heterocycles. The van der Waals surface area contributed by atoms with Crippen LogP contribution in [0.1, 0.15) is 0 Å². The molecule has 0 unspecified atom stereocenters. The van der Waals surface area contributed by atoms with Crippen LogP contribution in [0.25, 0.3) is 0 Å². The molecule has 0 aromatic heterocycles. The van der Waals surface area contributed by atoms with Crippen LogP contribution in [-0.4, -0.2) is 66.8 Å². The summed E-state index contributed by atoms with van der Waals surface area (Å²) < 4.78 is 60.2. The number of rotatable bonds is 4. The minimum atomic E-state index is -3.85. The third-order valence-electron chi connectivity index (χ3n) is 4.82. The molecule has 2 heterocycles. The van der Waals surface area contributed by atoms with Gasteiger partial charge in [-0.25, -0.2) is 16.8 Å². The van der Waals surface area contributed by atoms with E-state index < -0.39 is 31.2 Å². The Morgan fingerprint density at radius 2 is 1.80 bits per heavy atom. The Morgan fingerprint density at radius 1 is 1.20 bits per heavy atom. The fraction of sp³-hybridized carbons (Fsp3) is 0.533. The molecular formula is C15H19NO7S2. The summed E-state index contributed by atoms with van der Waals surface area (Å²) in [6.45, 7) is 0.573. The van der Waals surface area contributed by atoms with Crippen LogP contribution in [0.5, 0.6) is 0 Å². The van der Waals surface area contributed by atoms with Gasteiger partial charge in [-0.2, -0.15) is 4.31 Å². The molecule has 1 aromatic rings. The van der Waals surface area contributed by atoms with Gasteiger partial charge in [-0.05, 0) is 24.3 Å². The number of ether oxygens (including phenoxy) is 2. The smallest absolute Gasteiger partial charge is 0.315 e. The summed E-state index contributed by atoms with van der Waals surface area (Å²) >= 11 is 0. The zero-order valence-electron chi connectivity index (χ0n) is 13.8. The summed E-state index contributed by atoms with van der Waals surface area (Å²) in [4.78, 5) is 12.2. The predicted molar refractivity (Wildman–Crippen MR) is 87.1 cm³/mol. The third kappa shape index (κ3) is 2.97. The minimum absolute atomic E-state index is 0.0131. The second kappa shape index (κ2) is 6.04. The summed E-state index contributed by atoms with van der Waals surface area (Å²) in [5.41, 5.74) is -0.978. The first-order valence-corrected chi connectivity index (χ1v) is 10.9. The molecule has 2 fully saturated rings. The summed E-state index contributed by atoms with van der Waals surface area (Å²) in [6, 6.07) is 5.05. The summed E-state index contributed by atoms with van der Waals surface area (Å²) in [7, 11) is -5.98. The highest BCUT2D eigenvalue weighted by atomic mass is 32.2. The SMILES string of the molecule is COC(=O)[C@@]12COC[C@@H]1CN(S(=O)(=O)c1ccc(S(C)(=O)=O)cc1)C2. The summed E-state index contributed by atoms with van der Waals surface area (Å²) in [5.74, 6) is -0.731. The van der Waals surface area contributed by atoms with Crippen LogP contribution in [0.2, 0.25) is 0 Å². The van der Waals surface area contributed by atoms with Crippen LogP contribution in [0, 0.1) is 11.3 Å². The van der Waals surface area contributed by atoms with Crippen molar-refractivity contribution in [3.05, 3.63) is 24.3 Å². The van der Waals surface area contributed by atoms with Gasteiger partial charge in [-0.1, -0.05) is 0 Å². The molecule has 1 aromatic carbocycles. The van der Waals surface area contributed by atoms with Crippen molar-refractivity contribution in [1.82, 2.24) is 4.31 Å². The molecule has 0 saturated carbocycles. The second-order valence-corrected chi connectivity index (χ2v) is 10.4. The molecule has 138 valence electrons. The Bertz CT molecular complexity index is 892. The van der Waals surface area contributed by atoms with E-state index in [0.717, 1.165) is 6.26 Å². The van der Waals surface area contributed by atoms with Crippen LogP contribution < -0.4 is 0 Å². The molecule has 25 heavy (non-hydrogen) atoms. The van der Waals surface area contributed by atoms with Crippen molar-refractivity contribution < 1.29 is 31.1 Å². The number of fused-ring (bicyclic) bond motifs is 1. The van der Waals surface area contributed by atoms with Crippen molar-refractivity contribution in [3.8, 4) is 0 Å². The lowest BCUT2D eigenvalue weighted by Gasteiger charge is -2.23. The second-order valence-electron chi connectivity index (χ2n) is 6.40. The largest absolute Gasteiger partial charge is 0.468 e. The highest BCUT2D eigenvalue weighted by Crippen LogP contribution is 2.44. The fourth-order valence-corrected chi connectivity index (χ4v) is 5.56. The van der Waals surface area contributed by atoms with E-state index in [0.29, 0.717) is 6.61 Å². The number of methoxy groups -OCH3 is 1. The summed E-state index contributed by atoms with van der Waals surface area (Å²) in [5, 5.41) is 0. The molecule has 0 N–H and O–H groups in total. The maximum Gasteiger partial charge on any atom is 0.315 e. The highest BCUT2D eigenvalue weighted by molar-refractivity contribution is 7.90. The lowest BCUT2D eigenvalue weighted by molar-refractivity contribution is -0.153. The lowest BCUT2D eigenvalue weighted by atomic mass is 9.81. The molecule has 2 aliphatic rings. The van der Waals surface area contributed by atoms with E-state index in [4.69, 9.17) is 9.47 Å². The van der Waals surface area contributed by atoms with Gasteiger partial charge in [0.2, 0.25) is 10.0 Å². The average Bonchev–Trinajstić information content (AvgIpc) is 3.11. The molecule has 0 aliphatic carbocycles. The molecule has 2 saturated heterocycles. The number of benzene rings is 1. The highest BCUT2D eigenvalue weighted by Gasteiger charge is 2.59. The van der Waals surface area contributed by atoms with Gasteiger partial charge >= 0.3 is 5.97 Å². The number of hydrogen-bond donors (Lipinski definition) is 0. The van der Waals surface area contributed by atoms with E-state index in [1.807, 2.05) is 0 Å². The maximum absolute atomic E-state index is 12.9. The Labute approximate surface area is 146 Å². The van der Waals surface area contributed by atoms with E-state index in [9.17, 15) is 21.6 Å². The van der Waals surface area contributed by atoms with Crippen molar-refractivity contribution in [2.75, 3.05) is 39.7 Å². The number of esters is 1. The third-order valence-corrected chi connectivity index (χ3v) is 7.78. The fourth-order valence-electron chi connectivity index (χ4n) is 3.37. The van der Waals surface area contributed by atoms with Crippen molar-refractivity contribution >= 4 is 25.8 Å². The molecule has 8 nitrogen and oxygen atoms in total. The molecule has 10 heteroatoms. The van der Waals surface area contributed by atoms with Crippen LogP contribution in [0.4, 0.5) is 0 Å². The van der Waals surface area contributed by atoms with Gasteiger partial charge in [0.1, 0.15) is 5.41 Å². The van der Waals surface area contributed by atoms with Crippen LogP contribution in [0.3, 0.4) is 0 Å². The predicted octanol–water partition coefficient (Wildman–Crippen LogP) is -0.0998. The van der Waals surface area contributed by atoms with E-state index in [1.54, 1.807) is 0 Å². The molecule has 0 bridgehead atoms. The van der Waals surface area contributed by atoms with Crippen molar-refractivity contribution in [2.45, 2.75) is 9.79 Å². The van der Waals surface area contributed by atoms with Gasteiger partial charge in [-0.15, -0.1) is 0 Å². The van der Waals surface area contributed by atoms with Gasteiger partial charge < -0.3 is 9.47 Å². The summed E-state index contributed by atoms with van der Waals surface area (Å²) in [6.07, 6.45) is 1.05. The van der Waals surface area contributed by atoms with Gasteiger partial charge in [-0.3, -0.25) is 4.79 Å². The van der Waals surface area contributed by atoms with Gasteiger partial charge in [0, 0.05) is 25.3 Å². The van der Waals surface area contributed by atoms with E-state index in [2.05, 4.69) is 0 Å². The van der Waals surface area contributed by atoms with Crippen molar-refractivity contribution in [3.63, 3.8) is 0 Å². The zero-order valence-corrected chi connectivity index (χ0v) is 15.5. The molecule has 3 rings (SSSR count). The number of sulfone groups is 1. The minimum Gasteiger partial charge on any atom is -0.468 e. The van der Waals surface area contributed by atoms with Crippen molar-refractivity contribution in [1.29, 1.82) is 0 Å². The van der Waals surface area contributed by atoms with Gasteiger partial charge in [0.25, 0.3) is 0 Å². The molecular weight excluding hydrogens is 370 g/mol. The average molecular weight is 389 g/mol. The Balaban J connectivity index is 1.90. The maximum atomic E-state index is 12.9. The van der Waals surface area contributed by atoms with Crippen LogP contribution in [-0.2, 0) is 34.1 Å². The van der Waals surface area contributed by atoms with Crippen LogP contribution in [0.15, 0.2) is 34.1 Å². The van der Waals surface area contributed by atoms with E-state index >= 15 is 0 Å². The first-order chi connectivity index (χ1) is 11.6. The first kappa shape index (κ1) is 18.3. The molecule has 0 amide bonds. The molecule has 0 spiro atoms. The number of sulfonamides is 1. The first-order valence-electron chi connectivity index (χ1n) is 7.58.